The van der Waals surface area contributed by atoms with Crippen LogP contribution in [0.5, 0.6) is 0 Å². The van der Waals surface area contributed by atoms with Crippen molar-refractivity contribution in [1.29, 1.82) is 0 Å². The van der Waals surface area contributed by atoms with Gasteiger partial charge in [-0.25, -0.2) is 0 Å². The van der Waals surface area contributed by atoms with Crippen LogP contribution < -0.4 is 5.73 Å². The number of carbonyl (C=O) groups is 1. The van der Waals surface area contributed by atoms with E-state index in [1.165, 1.54) is 0 Å². The summed E-state index contributed by atoms with van der Waals surface area (Å²) in [6.45, 7) is 1.94. The molecule has 0 spiro atoms. The number of aliphatic carboxylic acids is 1. The molecule has 0 heterocycles. The third-order valence-corrected chi connectivity index (χ3v) is 2.20. The van der Waals surface area contributed by atoms with Gasteiger partial charge in [0.05, 0.1) is 7.85 Å². The number of carboxylic acid groups (broad SMARTS) is 1. The van der Waals surface area contributed by atoms with Gasteiger partial charge in [-0.15, -0.1) is 0 Å². The first-order chi connectivity index (χ1) is 6.06. The third kappa shape index (κ3) is 4.32. The lowest BCUT2D eigenvalue weighted by Crippen LogP contribution is -2.47. The Balaban J connectivity index is 4.00. The average Bonchev–Trinajstić information content (AvgIpc) is 2.05. The van der Waals surface area contributed by atoms with E-state index in [9.17, 15) is 4.79 Å². The van der Waals surface area contributed by atoms with Crippen molar-refractivity contribution < 1.29 is 9.90 Å². The van der Waals surface area contributed by atoms with Crippen LogP contribution in [0, 0.1) is 0 Å². The molecule has 13 heavy (non-hydrogen) atoms. The maximum atomic E-state index is 10.8. The van der Waals surface area contributed by atoms with Crippen molar-refractivity contribution in [1.82, 2.24) is 0 Å². The van der Waals surface area contributed by atoms with Gasteiger partial charge in [0.2, 0.25) is 0 Å². The van der Waals surface area contributed by atoms with Gasteiger partial charge in [0.1, 0.15) is 5.54 Å². The number of unbranched alkanes of at least 4 members (excludes halogenated alkanes) is 1. The number of hydrogen-bond donors (Lipinski definition) is 2. The van der Waals surface area contributed by atoms with Crippen molar-refractivity contribution in [2.45, 2.75) is 50.9 Å². The predicted molar refractivity (Wildman–Crippen MR) is 53.9 cm³/mol. The van der Waals surface area contributed by atoms with Crippen LogP contribution in [0.1, 0.15) is 39.0 Å². The largest absolute Gasteiger partial charge is 0.480 e. The van der Waals surface area contributed by atoms with Crippen LogP contribution in [0.15, 0.2) is 0 Å². The van der Waals surface area contributed by atoms with E-state index in [1.807, 2.05) is 6.92 Å². The van der Waals surface area contributed by atoms with E-state index in [-0.39, 0.29) is 0 Å². The van der Waals surface area contributed by atoms with E-state index in [0.717, 1.165) is 19.3 Å². The van der Waals surface area contributed by atoms with Crippen LogP contribution in [0.3, 0.4) is 0 Å². The zero-order valence-corrected chi connectivity index (χ0v) is 8.25. The first-order valence-electron chi connectivity index (χ1n) is 4.79. The Morgan fingerprint density at radius 3 is 2.46 bits per heavy atom. The van der Waals surface area contributed by atoms with Crippen molar-refractivity contribution in [3.05, 3.63) is 0 Å². The smallest absolute Gasteiger partial charge is 0.323 e. The van der Waals surface area contributed by atoms with Gasteiger partial charge < -0.3 is 10.8 Å². The van der Waals surface area contributed by atoms with Crippen molar-refractivity contribution in [2.75, 3.05) is 0 Å². The van der Waals surface area contributed by atoms with Gasteiger partial charge in [-0.05, 0) is 12.8 Å². The van der Waals surface area contributed by atoms with Gasteiger partial charge in [0.15, 0.2) is 0 Å². The molecule has 0 aromatic rings. The summed E-state index contributed by atoms with van der Waals surface area (Å²) in [5.41, 5.74) is 4.71. The molecule has 0 fully saturated rings. The fourth-order valence-electron chi connectivity index (χ4n) is 1.37. The molecule has 0 aliphatic carbocycles. The summed E-state index contributed by atoms with van der Waals surface area (Å²) in [7, 11) is 5.32. The monoisotopic (exact) mass is 183 g/mol. The lowest BCUT2D eigenvalue weighted by molar-refractivity contribution is -0.144. The topological polar surface area (TPSA) is 63.3 Å². The Hall–Kier alpha value is -0.505. The number of rotatable bonds is 7. The van der Waals surface area contributed by atoms with Crippen LogP contribution in [0.2, 0.25) is 6.32 Å². The molecule has 4 heteroatoms. The lowest BCUT2D eigenvalue weighted by Gasteiger charge is -2.23. The lowest BCUT2D eigenvalue weighted by atomic mass is 9.87. The van der Waals surface area contributed by atoms with E-state index in [0.29, 0.717) is 19.2 Å². The molecule has 1 atom stereocenters. The maximum absolute atomic E-state index is 10.8. The van der Waals surface area contributed by atoms with E-state index >= 15 is 0 Å². The number of hydrogen-bond acceptors (Lipinski definition) is 2. The Bertz CT molecular complexity index is 164. The van der Waals surface area contributed by atoms with Gasteiger partial charge in [-0.3, -0.25) is 4.79 Å². The van der Waals surface area contributed by atoms with E-state index in [1.54, 1.807) is 0 Å². The van der Waals surface area contributed by atoms with Gasteiger partial charge in [0.25, 0.3) is 0 Å². The summed E-state index contributed by atoms with van der Waals surface area (Å²) in [6, 6.07) is 0. The molecule has 0 aliphatic heterocycles. The van der Waals surface area contributed by atoms with Crippen molar-refractivity contribution >= 4 is 13.8 Å². The zero-order valence-electron chi connectivity index (χ0n) is 8.25. The summed E-state index contributed by atoms with van der Waals surface area (Å²) in [5.74, 6) is -0.897. The van der Waals surface area contributed by atoms with Crippen LogP contribution >= 0.6 is 0 Å². The fraction of sp³-hybridized carbons (Fsp3) is 0.889. The Morgan fingerprint density at radius 1 is 1.46 bits per heavy atom. The highest BCUT2D eigenvalue weighted by atomic mass is 16.4. The molecule has 2 radical (unpaired) electrons. The van der Waals surface area contributed by atoms with E-state index in [4.69, 9.17) is 18.7 Å². The minimum absolute atomic E-state index is 0.521. The van der Waals surface area contributed by atoms with Gasteiger partial charge in [-0.2, -0.15) is 0 Å². The van der Waals surface area contributed by atoms with Crippen LogP contribution in [-0.2, 0) is 4.79 Å². The molecule has 0 saturated carbocycles. The molecule has 0 bridgehead atoms. The summed E-state index contributed by atoms with van der Waals surface area (Å²) in [4.78, 5) is 10.8. The van der Waals surface area contributed by atoms with Crippen molar-refractivity contribution in [3.8, 4) is 0 Å². The van der Waals surface area contributed by atoms with Crippen molar-refractivity contribution in [2.24, 2.45) is 5.73 Å². The normalized spacial score (nSPS) is 15.2. The quantitative estimate of drug-likeness (QED) is 0.462. The zero-order chi connectivity index (χ0) is 10.3. The third-order valence-electron chi connectivity index (χ3n) is 2.20. The molecule has 0 saturated heterocycles. The Morgan fingerprint density at radius 2 is 2.08 bits per heavy atom. The maximum Gasteiger partial charge on any atom is 0.323 e. The Kier molecular flexibility index (Phi) is 5.79. The van der Waals surface area contributed by atoms with Gasteiger partial charge in [0, 0.05) is 0 Å². The molecule has 0 aromatic carbocycles. The average molecular weight is 183 g/mol. The molecule has 1 unspecified atom stereocenters. The second-order valence-electron chi connectivity index (χ2n) is 3.46. The molecule has 74 valence electrons. The van der Waals surface area contributed by atoms with Gasteiger partial charge >= 0.3 is 5.97 Å². The molecule has 3 nitrogen and oxygen atoms in total. The number of nitrogens with two attached hydrogens (primary N) is 1. The second kappa shape index (κ2) is 6.03. The molecule has 0 rings (SSSR count). The summed E-state index contributed by atoms with van der Waals surface area (Å²) in [5, 5.41) is 8.91. The molecular formula is C9H18BNO2. The standard InChI is InChI=1S/C9H18BNO2/c1-2-5-9(11,8(12)13)6-3-4-7-10/h2-7,11H2,1H3,(H,12,13). The van der Waals surface area contributed by atoms with Crippen molar-refractivity contribution in [3.63, 3.8) is 0 Å². The molecule has 0 aromatic heterocycles. The molecular weight excluding hydrogens is 165 g/mol. The summed E-state index contributed by atoms with van der Waals surface area (Å²) < 4.78 is 0. The van der Waals surface area contributed by atoms with E-state index in [2.05, 4.69) is 0 Å². The van der Waals surface area contributed by atoms with Crippen LogP contribution in [0.4, 0.5) is 0 Å². The first-order valence-corrected chi connectivity index (χ1v) is 4.79. The van der Waals surface area contributed by atoms with Crippen LogP contribution in [0.25, 0.3) is 0 Å². The molecule has 3 N–H and O–H groups in total. The SMILES string of the molecule is [B]CCCCC(N)(CCC)C(=O)O. The first kappa shape index (κ1) is 12.5. The predicted octanol–water partition coefficient (Wildman–Crippen LogP) is 1.33. The van der Waals surface area contributed by atoms with Crippen LogP contribution in [-0.4, -0.2) is 24.5 Å². The fourth-order valence-corrected chi connectivity index (χ4v) is 1.37. The molecule has 0 aliphatic rings. The molecule has 0 amide bonds. The number of carboxylic acids is 1. The highest BCUT2D eigenvalue weighted by Gasteiger charge is 2.31. The minimum Gasteiger partial charge on any atom is -0.480 e. The Labute approximate surface area is 81.1 Å². The van der Waals surface area contributed by atoms with E-state index < -0.39 is 11.5 Å². The summed E-state index contributed by atoms with van der Waals surface area (Å²) in [6.07, 6.45) is 4.09. The highest BCUT2D eigenvalue weighted by molar-refractivity contribution is 6.08. The minimum atomic E-state index is -1.04. The summed E-state index contributed by atoms with van der Waals surface area (Å²) >= 11 is 0. The highest BCUT2D eigenvalue weighted by Crippen LogP contribution is 2.18. The second-order valence-corrected chi connectivity index (χ2v) is 3.46. The van der Waals surface area contributed by atoms with Gasteiger partial charge in [-0.1, -0.05) is 32.5 Å².